The fraction of sp³-hybridized carbons (Fsp3) is 0.375. The van der Waals surface area contributed by atoms with Crippen molar-refractivity contribution in [1.82, 2.24) is 9.97 Å². The highest BCUT2D eigenvalue weighted by atomic mass is 15.1. The lowest BCUT2D eigenvalue weighted by Gasteiger charge is -2.13. The predicted octanol–water partition coefficient (Wildman–Crippen LogP) is 3.50. The minimum Gasteiger partial charge on any atom is -0.378 e. The minimum atomic E-state index is 0.793. The summed E-state index contributed by atoms with van der Waals surface area (Å²) in [7, 11) is 4.06. The third kappa shape index (κ3) is 4.63. The first-order valence-corrected chi connectivity index (χ1v) is 7.29. The molecule has 112 valence electrons. The van der Waals surface area contributed by atoms with Gasteiger partial charge in [0.1, 0.15) is 18.0 Å². The molecule has 0 atom stereocenters. The van der Waals surface area contributed by atoms with Crippen LogP contribution in [0.3, 0.4) is 0 Å². The summed E-state index contributed by atoms with van der Waals surface area (Å²) in [6, 6.07) is 10.2. The number of unbranched alkanes of at least 4 members (excludes halogenated alkanes) is 1. The number of nitrogens with zero attached hydrogens (tertiary/aromatic N) is 3. The van der Waals surface area contributed by atoms with Gasteiger partial charge in [0.2, 0.25) is 0 Å². The van der Waals surface area contributed by atoms with Crippen molar-refractivity contribution in [1.29, 1.82) is 0 Å². The van der Waals surface area contributed by atoms with Gasteiger partial charge >= 0.3 is 0 Å². The van der Waals surface area contributed by atoms with Crippen LogP contribution in [-0.2, 0) is 0 Å². The third-order valence-corrected chi connectivity index (χ3v) is 3.16. The van der Waals surface area contributed by atoms with Gasteiger partial charge in [-0.2, -0.15) is 0 Å². The van der Waals surface area contributed by atoms with E-state index in [1.165, 1.54) is 12.1 Å². The van der Waals surface area contributed by atoms with Crippen molar-refractivity contribution in [3.63, 3.8) is 0 Å². The number of benzene rings is 1. The number of anilines is 4. The number of aromatic nitrogens is 2. The molecule has 1 heterocycles. The van der Waals surface area contributed by atoms with E-state index in [0.717, 1.165) is 30.3 Å². The van der Waals surface area contributed by atoms with Crippen LogP contribution in [0.15, 0.2) is 36.7 Å². The summed E-state index contributed by atoms with van der Waals surface area (Å²) in [6.07, 6.45) is 3.88. The van der Waals surface area contributed by atoms with E-state index in [1.54, 1.807) is 6.33 Å². The third-order valence-electron chi connectivity index (χ3n) is 3.16. The zero-order valence-corrected chi connectivity index (χ0v) is 12.9. The van der Waals surface area contributed by atoms with Gasteiger partial charge in [0.05, 0.1) is 0 Å². The van der Waals surface area contributed by atoms with E-state index in [4.69, 9.17) is 0 Å². The first kappa shape index (κ1) is 15.1. The van der Waals surface area contributed by atoms with Gasteiger partial charge in [-0.3, -0.25) is 0 Å². The quantitative estimate of drug-likeness (QED) is 0.763. The van der Waals surface area contributed by atoms with Gasteiger partial charge in [-0.25, -0.2) is 9.97 Å². The molecule has 5 heteroatoms. The van der Waals surface area contributed by atoms with Crippen LogP contribution in [-0.4, -0.2) is 30.6 Å². The SMILES string of the molecule is CCCCNc1cc(Nc2ccc(N(C)C)cc2)ncn1. The summed E-state index contributed by atoms with van der Waals surface area (Å²) in [5, 5.41) is 6.59. The molecule has 1 aromatic carbocycles. The molecule has 0 radical (unpaired) electrons. The van der Waals surface area contributed by atoms with Crippen LogP contribution in [0, 0.1) is 0 Å². The van der Waals surface area contributed by atoms with Crippen LogP contribution < -0.4 is 15.5 Å². The second-order valence-electron chi connectivity index (χ2n) is 5.14. The minimum absolute atomic E-state index is 0.793. The molecular weight excluding hydrogens is 262 g/mol. The lowest BCUT2D eigenvalue weighted by Crippen LogP contribution is -2.08. The number of hydrogen-bond acceptors (Lipinski definition) is 5. The lowest BCUT2D eigenvalue weighted by molar-refractivity contribution is 0.830. The Hall–Kier alpha value is -2.30. The van der Waals surface area contributed by atoms with E-state index in [2.05, 4.69) is 44.6 Å². The Kier molecular flexibility index (Phi) is 5.37. The highest BCUT2D eigenvalue weighted by Gasteiger charge is 2.00. The second-order valence-corrected chi connectivity index (χ2v) is 5.14. The molecule has 0 saturated heterocycles. The first-order chi connectivity index (χ1) is 10.2. The summed E-state index contributed by atoms with van der Waals surface area (Å²) < 4.78 is 0. The van der Waals surface area contributed by atoms with Crippen LogP contribution in [0.5, 0.6) is 0 Å². The average molecular weight is 285 g/mol. The molecule has 0 unspecified atom stereocenters. The smallest absolute Gasteiger partial charge is 0.135 e. The summed E-state index contributed by atoms with van der Waals surface area (Å²) in [4.78, 5) is 10.5. The van der Waals surface area contributed by atoms with E-state index in [0.29, 0.717) is 0 Å². The van der Waals surface area contributed by atoms with Crippen molar-refractivity contribution in [3.8, 4) is 0 Å². The molecule has 0 spiro atoms. The van der Waals surface area contributed by atoms with Crippen molar-refractivity contribution in [2.75, 3.05) is 36.2 Å². The molecule has 0 aliphatic heterocycles. The maximum Gasteiger partial charge on any atom is 0.135 e. The predicted molar refractivity (Wildman–Crippen MR) is 89.5 cm³/mol. The number of rotatable bonds is 7. The zero-order valence-electron chi connectivity index (χ0n) is 12.9. The molecule has 0 fully saturated rings. The Balaban J connectivity index is 2.00. The van der Waals surface area contributed by atoms with Crippen molar-refractivity contribution in [2.45, 2.75) is 19.8 Å². The fourth-order valence-corrected chi connectivity index (χ4v) is 1.91. The van der Waals surface area contributed by atoms with Gasteiger partial charge in [0.25, 0.3) is 0 Å². The van der Waals surface area contributed by atoms with E-state index >= 15 is 0 Å². The summed E-state index contributed by atoms with van der Waals surface area (Å²) in [5.74, 6) is 1.65. The van der Waals surface area contributed by atoms with Gasteiger partial charge in [0, 0.05) is 38.1 Å². The van der Waals surface area contributed by atoms with Gasteiger partial charge in [-0.05, 0) is 30.7 Å². The van der Waals surface area contributed by atoms with Crippen molar-refractivity contribution < 1.29 is 0 Å². The molecule has 0 bridgehead atoms. The molecule has 21 heavy (non-hydrogen) atoms. The van der Waals surface area contributed by atoms with Crippen molar-refractivity contribution in [3.05, 3.63) is 36.7 Å². The summed E-state index contributed by atoms with van der Waals surface area (Å²) >= 11 is 0. The van der Waals surface area contributed by atoms with E-state index in [1.807, 2.05) is 32.3 Å². The standard InChI is InChI=1S/C16H23N5/c1-4-5-10-17-15-11-16(19-12-18-15)20-13-6-8-14(9-7-13)21(2)3/h6-9,11-12H,4-5,10H2,1-3H3,(H2,17,18,19,20). The molecule has 0 aliphatic carbocycles. The monoisotopic (exact) mass is 285 g/mol. The highest BCUT2D eigenvalue weighted by molar-refractivity contribution is 5.62. The number of hydrogen-bond donors (Lipinski definition) is 2. The topological polar surface area (TPSA) is 53.1 Å². The molecule has 2 N–H and O–H groups in total. The van der Waals surface area contributed by atoms with Crippen LogP contribution >= 0.6 is 0 Å². The maximum absolute atomic E-state index is 4.25. The molecular formula is C16H23N5. The van der Waals surface area contributed by atoms with Crippen LogP contribution in [0.25, 0.3) is 0 Å². The molecule has 2 rings (SSSR count). The van der Waals surface area contributed by atoms with Gasteiger partial charge < -0.3 is 15.5 Å². The van der Waals surface area contributed by atoms with E-state index < -0.39 is 0 Å². The Labute approximate surface area is 126 Å². The Morgan fingerprint density at radius 3 is 2.43 bits per heavy atom. The summed E-state index contributed by atoms with van der Waals surface area (Å²) in [6.45, 7) is 3.11. The second kappa shape index (κ2) is 7.47. The summed E-state index contributed by atoms with van der Waals surface area (Å²) in [5.41, 5.74) is 2.18. The van der Waals surface area contributed by atoms with Gasteiger partial charge in [-0.1, -0.05) is 13.3 Å². The van der Waals surface area contributed by atoms with E-state index in [-0.39, 0.29) is 0 Å². The largest absolute Gasteiger partial charge is 0.378 e. The van der Waals surface area contributed by atoms with Gasteiger partial charge in [0.15, 0.2) is 0 Å². The van der Waals surface area contributed by atoms with Crippen LogP contribution in [0.1, 0.15) is 19.8 Å². The molecule has 0 aliphatic rings. The highest BCUT2D eigenvalue weighted by Crippen LogP contribution is 2.19. The first-order valence-electron chi connectivity index (χ1n) is 7.29. The van der Waals surface area contributed by atoms with Crippen LogP contribution in [0.2, 0.25) is 0 Å². The fourth-order valence-electron chi connectivity index (χ4n) is 1.91. The van der Waals surface area contributed by atoms with E-state index in [9.17, 15) is 0 Å². The zero-order chi connectivity index (χ0) is 15.1. The van der Waals surface area contributed by atoms with Gasteiger partial charge in [-0.15, -0.1) is 0 Å². The Bertz CT molecular complexity index is 551. The van der Waals surface area contributed by atoms with Crippen LogP contribution in [0.4, 0.5) is 23.0 Å². The molecule has 1 aromatic heterocycles. The Morgan fingerprint density at radius 2 is 1.76 bits per heavy atom. The number of nitrogens with one attached hydrogen (secondary N) is 2. The molecule has 0 amide bonds. The molecule has 5 nitrogen and oxygen atoms in total. The lowest BCUT2D eigenvalue weighted by atomic mass is 10.2. The normalized spacial score (nSPS) is 10.2. The van der Waals surface area contributed by atoms with Crippen molar-refractivity contribution in [2.24, 2.45) is 0 Å². The van der Waals surface area contributed by atoms with Crippen molar-refractivity contribution >= 4 is 23.0 Å². The molecule has 0 saturated carbocycles. The Morgan fingerprint density at radius 1 is 1.05 bits per heavy atom. The molecule has 2 aromatic rings. The average Bonchev–Trinajstić information content (AvgIpc) is 2.48. The maximum atomic E-state index is 4.25.